The molecule has 0 spiro atoms. The summed E-state index contributed by atoms with van der Waals surface area (Å²) in [5.41, 5.74) is 2.99. The van der Waals surface area contributed by atoms with E-state index in [0.29, 0.717) is 16.9 Å². The summed E-state index contributed by atoms with van der Waals surface area (Å²) in [5.74, 6) is -1.50. The number of ether oxygens (including phenoxy) is 2. The largest absolute Gasteiger partial charge is 0.497 e. The second-order valence-electron chi connectivity index (χ2n) is 7.07. The van der Waals surface area contributed by atoms with Gasteiger partial charge in [-0.05, 0) is 35.4 Å². The number of hydrogen-bond acceptors (Lipinski definition) is 5. The lowest BCUT2D eigenvalue weighted by molar-refractivity contribution is -0.483. The van der Waals surface area contributed by atoms with E-state index in [1.807, 2.05) is 42.5 Å². The second-order valence-corrected chi connectivity index (χ2v) is 7.07. The highest BCUT2D eigenvalue weighted by atomic mass is 16.6. The van der Waals surface area contributed by atoms with Gasteiger partial charge in [0.25, 0.3) is 0 Å². The van der Waals surface area contributed by atoms with Gasteiger partial charge in [0.2, 0.25) is 6.54 Å². The first-order valence-electron chi connectivity index (χ1n) is 9.44. The summed E-state index contributed by atoms with van der Waals surface area (Å²) in [6, 6.07) is 13.0. The van der Waals surface area contributed by atoms with Gasteiger partial charge >= 0.3 is 5.97 Å². The molecule has 8 nitrogen and oxygen atoms in total. The number of esters is 1. The van der Waals surface area contributed by atoms with Crippen LogP contribution in [0.5, 0.6) is 5.75 Å². The fourth-order valence-corrected chi connectivity index (χ4v) is 4.09. The molecular formula is C22H21N3O5. The lowest BCUT2D eigenvalue weighted by atomic mass is 9.81. The summed E-state index contributed by atoms with van der Waals surface area (Å²) in [6.07, 6.45) is 3.46. The van der Waals surface area contributed by atoms with Crippen LogP contribution in [0.1, 0.15) is 23.0 Å². The van der Waals surface area contributed by atoms with Crippen LogP contribution in [0, 0.1) is 10.1 Å². The Bertz CT molecular complexity index is 1230. The lowest BCUT2D eigenvalue weighted by Gasteiger charge is -2.22. The van der Waals surface area contributed by atoms with E-state index < -0.39 is 29.3 Å². The van der Waals surface area contributed by atoms with Gasteiger partial charge in [-0.15, -0.1) is 0 Å². The maximum Gasteiger partial charge on any atom is 0.314 e. The fourth-order valence-electron chi connectivity index (χ4n) is 4.09. The van der Waals surface area contributed by atoms with Gasteiger partial charge in [0.05, 0.1) is 26.1 Å². The number of carbonyl (C=O) groups is 1. The third-order valence-corrected chi connectivity index (χ3v) is 5.48. The number of H-pyrrole nitrogens is 2. The molecule has 2 heterocycles. The van der Waals surface area contributed by atoms with Crippen molar-refractivity contribution in [3.8, 4) is 5.75 Å². The molecule has 0 bridgehead atoms. The van der Waals surface area contributed by atoms with Crippen LogP contribution in [0.4, 0.5) is 0 Å². The smallest absolute Gasteiger partial charge is 0.314 e. The van der Waals surface area contributed by atoms with Gasteiger partial charge in [-0.1, -0.05) is 18.2 Å². The molecule has 0 fully saturated rings. The zero-order valence-corrected chi connectivity index (χ0v) is 16.5. The van der Waals surface area contributed by atoms with Gasteiger partial charge < -0.3 is 19.4 Å². The van der Waals surface area contributed by atoms with Crippen LogP contribution < -0.4 is 4.74 Å². The van der Waals surface area contributed by atoms with Gasteiger partial charge in [0, 0.05) is 39.1 Å². The number of nitro groups is 1. The van der Waals surface area contributed by atoms with Crippen LogP contribution >= 0.6 is 0 Å². The van der Waals surface area contributed by atoms with E-state index in [1.54, 1.807) is 19.5 Å². The van der Waals surface area contributed by atoms with Crippen molar-refractivity contribution in [3.63, 3.8) is 0 Å². The number of fused-ring (bicyclic) bond motifs is 2. The van der Waals surface area contributed by atoms with Gasteiger partial charge in [0.1, 0.15) is 5.75 Å². The van der Waals surface area contributed by atoms with Crippen molar-refractivity contribution >= 4 is 27.8 Å². The molecule has 0 saturated heterocycles. The Morgan fingerprint density at radius 2 is 1.73 bits per heavy atom. The first-order valence-corrected chi connectivity index (χ1v) is 9.44. The fraction of sp³-hybridized carbons (Fsp3) is 0.227. The molecule has 0 aliphatic carbocycles. The number of benzene rings is 2. The van der Waals surface area contributed by atoms with Crippen molar-refractivity contribution in [2.24, 2.45) is 0 Å². The lowest BCUT2D eigenvalue weighted by Crippen LogP contribution is -2.27. The average molecular weight is 407 g/mol. The van der Waals surface area contributed by atoms with Crippen molar-refractivity contribution in [2.75, 3.05) is 20.8 Å². The van der Waals surface area contributed by atoms with Crippen LogP contribution in [0.15, 0.2) is 54.9 Å². The number of nitrogens with one attached hydrogen (secondary N) is 2. The van der Waals surface area contributed by atoms with Gasteiger partial charge in [-0.2, -0.15) is 0 Å². The number of rotatable bonds is 7. The highest BCUT2D eigenvalue weighted by Gasteiger charge is 2.38. The van der Waals surface area contributed by atoms with E-state index in [9.17, 15) is 14.9 Å². The minimum absolute atomic E-state index is 0.394. The molecule has 0 aliphatic heterocycles. The zero-order valence-electron chi connectivity index (χ0n) is 16.5. The molecule has 0 amide bonds. The van der Waals surface area contributed by atoms with E-state index in [-0.39, 0.29) is 0 Å². The Morgan fingerprint density at radius 3 is 2.43 bits per heavy atom. The second kappa shape index (κ2) is 7.90. The molecule has 0 aliphatic rings. The van der Waals surface area contributed by atoms with E-state index in [0.717, 1.165) is 21.8 Å². The summed E-state index contributed by atoms with van der Waals surface area (Å²) in [5, 5.41) is 13.2. The van der Waals surface area contributed by atoms with Gasteiger partial charge in [-0.25, -0.2) is 0 Å². The topological polar surface area (TPSA) is 110 Å². The predicted octanol–water partition coefficient (Wildman–Crippen LogP) is 3.97. The van der Waals surface area contributed by atoms with Crippen molar-refractivity contribution in [3.05, 3.63) is 76.1 Å². The molecule has 2 aromatic heterocycles. The van der Waals surface area contributed by atoms with E-state index >= 15 is 0 Å². The first kappa shape index (κ1) is 19.5. The first-order chi connectivity index (χ1) is 14.5. The number of nitrogens with zero attached hydrogens (tertiary/aromatic N) is 1. The van der Waals surface area contributed by atoms with Crippen LogP contribution in [0.25, 0.3) is 21.8 Å². The molecule has 2 aromatic carbocycles. The number of methoxy groups -OCH3 is 2. The molecule has 0 saturated carbocycles. The van der Waals surface area contributed by atoms with E-state index in [4.69, 9.17) is 9.47 Å². The van der Waals surface area contributed by atoms with Gasteiger partial charge in [-0.3, -0.25) is 14.9 Å². The molecule has 2 N–H and O–H groups in total. The van der Waals surface area contributed by atoms with Crippen molar-refractivity contribution in [1.82, 2.24) is 9.97 Å². The summed E-state index contributed by atoms with van der Waals surface area (Å²) >= 11 is 0. The molecule has 8 heteroatoms. The Hall–Kier alpha value is -3.81. The number of aromatic nitrogens is 2. The SMILES string of the molecule is COC(=O)[C@@H](c1c[nH]c2ccccc12)[C@H](C[N+](=O)[O-])c1c[nH]c2ccc(OC)cc12. The van der Waals surface area contributed by atoms with Crippen molar-refractivity contribution < 1.29 is 19.2 Å². The molecule has 4 aromatic rings. The van der Waals surface area contributed by atoms with Crippen LogP contribution in [0.2, 0.25) is 0 Å². The average Bonchev–Trinajstić information content (AvgIpc) is 3.36. The number of aromatic amines is 2. The number of hydrogen-bond donors (Lipinski definition) is 2. The molecule has 0 radical (unpaired) electrons. The Kier molecular flexibility index (Phi) is 5.14. The maximum absolute atomic E-state index is 12.9. The quantitative estimate of drug-likeness (QED) is 0.274. The summed E-state index contributed by atoms with van der Waals surface area (Å²) < 4.78 is 10.4. The normalized spacial score (nSPS) is 13.3. The Balaban J connectivity index is 1.93. The van der Waals surface area contributed by atoms with Crippen molar-refractivity contribution in [2.45, 2.75) is 11.8 Å². The standard InChI is InChI=1S/C22H21N3O5/c1-29-13-7-8-20-15(9-13)16(10-23-20)18(12-25(27)28)21(22(26)30-2)17-11-24-19-6-4-3-5-14(17)19/h3-11,18,21,23-24H,12H2,1-2H3/t18-,21+/m1/s1. The summed E-state index contributed by atoms with van der Waals surface area (Å²) in [6.45, 7) is -0.427. The minimum Gasteiger partial charge on any atom is -0.497 e. The molecular weight excluding hydrogens is 386 g/mol. The molecule has 154 valence electrons. The third kappa shape index (κ3) is 3.36. The Morgan fingerprint density at radius 1 is 1.03 bits per heavy atom. The molecule has 30 heavy (non-hydrogen) atoms. The van der Waals surface area contributed by atoms with Crippen LogP contribution in [-0.4, -0.2) is 41.6 Å². The number of carbonyl (C=O) groups excluding carboxylic acids is 1. The van der Waals surface area contributed by atoms with E-state index in [2.05, 4.69) is 9.97 Å². The Labute approximate surface area is 172 Å². The van der Waals surface area contributed by atoms with Crippen LogP contribution in [0.3, 0.4) is 0 Å². The minimum atomic E-state index is -0.859. The third-order valence-electron chi connectivity index (χ3n) is 5.48. The van der Waals surface area contributed by atoms with Gasteiger partial charge in [0.15, 0.2) is 0 Å². The molecule has 4 rings (SSSR count). The molecule has 0 unspecified atom stereocenters. The van der Waals surface area contributed by atoms with E-state index in [1.165, 1.54) is 7.11 Å². The zero-order chi connectivity index (χ0) is 21.3. The monoisotopic (exact) mass is 407 g/mol. The van der Waals surface area contributed by atoms with Crippen LogP contribution in [-0.2, 0) is 9.53 Å². The summed E-state index contributed by atoms with van der Waals surface area (Å²) in [4.78, 5) is 30.5. The highest BCUT2D eigenvalue weighted by Crippen LogP contribution is 2.41. The molecule has 2 atom stereocenters. The number of para-hydroxylation sites is 1. The predicted molar refractivity (Wildman–Crippen MR) is 113 cm³/mol. The highest BCUT2D eigenvalue weighted by molar-refractivity contribution is 5.92. The van der Waals surface area contributed by atoms with Crippen molar-refractivity contribution in [1.29, 1.82) is 0 Å². The summed E-state index contributed by atoms with van der Waals surface area (Å²) in [7, 11) is 2.86. The maximum atomic E-state index is 12.9.